The van der Waals surface area contributed by atoms with Crippen LogP contribution in [0.25, 0.3) is 5.82 Å². The van der Waals surface area contributed by atoms with E-state index in [4.69, 9.17) is 10.4 Å². The van der Waals surface area contributed by atoms with Gasteiger partial charge in [-0.05, 0) is 47.7 Å². The molecule has 0 spiro atoms. The number of nitrogens with two attached hydrogens (primary N) is 1. The number of piperidine rings is 1. The number of nitrogen functional groups attached to an aromatic ring is 1. The number of nitrogens with one attached hydrogen (secondary N) is 1. The van der Waals surface area contributed by atoms with Gasteiger partial charge in [0.1, 0.15) is 0 Å². The third kappa shape index (κ3) is 4.83. The smallest absolute Gasteiger partial charge is 0.293 e. The van der Waals surface area contributed by atoms with E-state index in [9.17, 15) is 4.79 Å². The van der Waals surface area contributed by atoms with Gasteiger partial charge in [-0.2, -0.15) is 9.78 Å². The van der Waals surface area contributed by atoms with Crippen LogP contribution in [0.1, 0.15) is 54.4 Å². The quantitative estimate of drug-likeness (QED) is 0.422. The SMILES string of the molecule is CC1CCN(Cc2c(C(=O)N/N=C\[C@H](C)c3ccccc3)nnn2-c2nonc2N)CC1. The number of carbonyl (C=O) groups excluding carboxylic acids is 1. The molecule has 1 fully saturated rings. The third-order valence-corrected chi connectivity index (χ3v) is 5.71. The van der Waals surface area contributed by atoms with Crippen LogP contribution in [-0.4, -0.2) is 55.4 Å². The van der Waals surface area contributed by atoms with Crippen LogP contribution in [0.3, 0.4) is 0 Å². The average molecular weight is 438 g/mol. The molecule has 11 heteroatoms. The van der Waals surface area contributed by atoms with Gasteiger partial charge in [0.15, 0.2) is 5.69 Å². The molecule has 0 unspecified atom stereocenters. The second kappa shape index (κ2) is 9.69. The van der Waals surface area contributed by atoms with Gasteiger partial charge in [-0.1, -0.05) is 49.4 Å². The summed E-state index contributed by atoms with van der Waals surface area (Å²) in [7, 11) is 0. The lowest BCUT2D eigenvalue weighted by atomic mass is 9.99. The molecule has 3 aromatic rings. The summed E-state index contributed by atoms with van der Waals surface area (Å²) in [6, 6.07) is 9.92. The monoisotopic (exact) mass is 437 g/mol. The summed E-state index contributed by atoms with van der Waals surface area (Å²) in [6.45, 7) is 6.57. The Hall–Kier alpha value is -3.60. The second-order valence-electron chi connectivity index (χ2n) is 8.15. The average Bonchev–Trinajstić information content (AvgIpc) is 3.41. The highest BCUT2D eigenvalue weighted by Crippen LogP contribution is 2.21. The molecule has 1 amide bonds. The van der Waals surface area contributed by atoms with Crippen LogP contribution in [0.15, 0.2) is 40.1 Å². The Morgan fingerprint density at radius 1 is 1.31 bits per heavy atom. The highest BCUT2D eigenvalue weighted by molar-refractivity contribution is 5.93. The lowest BCUT2D eigenvalue weighted by molar-refractivity contribution is 0.0946. The first kappa shape index (κ1) is 21.6. The van der Waals surface area contributed by atoms with Crippen LogP contribution in [0.4, 0.5) is 5.82 Å². The molecular weight excluding hydrogens is 410 g/mol. The molecule has 1 atom stereocenters. The predicted molar refractivity (Wildman–Crippen MR) is 118 cm³/mol. The largest absolute Gasteiger partial charge is 0.378 e. The first-order valence-electron chi connectivity index (χ1n) is 10.7. The number of anilines is 1. The van der Waals surface area contributed by atoms with Gasteiger partial charge < -0.3 is 5.73 Å². The van der Waals surface area contributed by atoms with Crippen molar-refractivity contribution in [3.63, 3.8) is 0 Å². The predicted octanol–water partition coefficient (Wildman–Crippen LogP) is 1.98. The normalized spacial score (nSPS) is 16.4. The highest BCUT2D eigenvalue weighted by Gasteiger charge is 2.26. The molecule has 0 aliphatic carbocycles. The lowest BCUT2D eigenvalue weighted by Gasteiger charge is -2.30. The molecule has 32 heavy (non-hydrogen) atoms. The summed E-state index contributed by atoms with van der Waals surface area (Å²) in [4.78, 5) is 15.2. The van der Waals surface area contributed by atoms with Crippen LogP contribution in [0.2, 0.25) is 0 Å². The van der Waals surface area contributed by atoms with Gasteiger partial charge in [0.25, 0.3) is 5.91 Å². The van der Waals surface area contributed by atoms with E-state index < -0.39 is 5.91 Å². The molecule has 0 radical (unpaired) electrons. The molecule has 0 saturated carbocycles. The van der Waals surface area contributed by atoms with E-state index in [0.29, 0.717) is 18.2 Å². The Bertz CT molecular complexity index is 1070. The maximum atomic E-state index is 12.9. The van der Waals surface area contributed by atoms with Crippen LogP contribution in [0.5, 0.6) is 0 Å². The summed E-state index contributed by atoms with van der Waals surface area (Å²) < 4.78 is 6.12. The number of hydrogen-bond donors (Lipinski definition) is 2. The molecule has 1 aromatic carbocycles. The van der Waals surface area contributed by atoms with Crippen LogP contribution < -0.4 is 11.2 Å². The molecule has 3 heterocycles. The number of carbonyl (C=O) groups is 1. The molecule has 1 saturated heterocycles. The topological polar surface area (TPSA) is 140 Å². The minimum Gasteiger partial charge on any atom is -0.378 e. The number of aromatic nitrogens is 5. The third-order valence-electron chi connectivity index (χ3n) is 5.71. The Morgan fingerprint density at radius 2 is 2.06 bits per heavy atom. The maximum absolute atomic E-state index is 12.9. The molecule has 4 rings (SSSR count). The van der Waals surface area contributed by atoms with Crippen LogP contribution >= 0.6 is 0 Å². The zero-order chi connectivity index (χ0) is 22.5. The summed E-state index contributed by atoms with van der Waals surface area (Å²) in [5, 5.41) is 19.7. The minimum absolute atomic E-state index is 0.0444. The lowest BCUT2D eigenvalue weighted by Crippen LogP contribution is -2.34. The summed E-state index contributed by atoms with van der Waals surface area (Å²) >= 11 is 0. The van der Waals surface area contributed by atoms with Gasteiger partial charge in [0.05, 0.1) is 5.69 Å². The van der Waals surface area contributed by atoms with Gasteiger partial charge in [-0.15, -0.1) is 5.10 Å². The van der Waals surface area contributed by atoms with Crippen molar-refractivity contribution >= 4 is 17.9 Å². The Kier molecular flexibility index (Phi) is 6.55. The van der Waals surface area contributed by atoms with Crippen molar-refractivity contribution in [2.24, 2.45) is 11.0 Å². The van der Waals surface area contributed by atoms with Gasteiger partial charge >= 0.3 is 0 Å². The number of hydrazone groups is 1. The van der Waals surface area contributed by atoms with E-state index in [0.717, 1.165) is 31.5 Å². The highest BCUT2D eigenvalue weighted by atomic mass is 16.6. The molecule has 1 aliphatic rings. The molecule has 0 bridgehead atoms. The molecule has 11 nitrogen and oxygen atoms in total. The Morgan fingerprint density at radius 3 is 2.75 bits per heavy atom. The van der Waals surface area contributed by atoms with Crippen molar-refractivity contribution in [3.05, 3.63) is 47.3 Å². The van der Waals surface area contributed by atoms with Gasteiger partial charge in [-0.25, -0.2) is 10.1 Å². The van der Waals surface area contributed by atoms with E-state index in [2.05, 4.69) is 43.0 Å². The first-order chi connectivity index (χ1) is 15.5. The fraction of sp³-hybridized carbons (Fsp3) is 0.429. The second-order valence-corrected chi connectivity index (χ2v) is 8.15. The number of rotatable bonds is 7. The maximum Gasteiger partial charge on any atom is 0.293 e. The van der Waals surface area contributed by atoms with Crippen molar-refractivity contribution in [1.82, 2.24) is 35.6 Å². The van der Waals surface area contributed by atoms with E-state index in [1.165, 1.54) is 4.68 Å². The zero-order valence-electron chi connectivity index (χ0n) is 18.2. The Labute approximate surface area is 185 Å². The van der Waals surface area contributed by atoms with Gasteiger partial charge in [-0.3, -0.25) is 9.69 Å². The van der Waals surface area contributed by atoms with Crippen molar-refractivity contribution in [2.45, 2.75) is 39.2 Å². The molecule has 168 valence electrons. The molecule has 2 aromatic heterocycles. The minimum atomic E-state index is -0.455. The molecule has 3 N–H and O–H groups in total. The van der Waals surface area contributed by atoms with E-state index in [1.54, 1.807) is 6.21 Å². The Balaban J connectivity index is 1.53. The van der Waals surface area contributed by atoms with Crippen LogP contribution in [-0.2, 0) is 6.54 Å². The number of likely N-dealkylation sites (tertiary alicyclic amines) is 1. The summed E-state index contributed by atoms with van der Waals surface area (Å²) in [5.74, 6) is 0.558. The van der Waals surface area contributed by atoms with Crippen molar-refractivity contribution in [1.29, 1.82) is 0 Å². The van der Waals surface area contributed by atoms with Crippen molar-refractivity contribution in [2.75, 3.05) is 18.8 Å². The fourth-order valence-corrected chi connectivity index (χ4v) is 3.66. The van der Waals surface area contributed by atoms with Gasteiger partial charge in [0, 0.05) is 18.7 Å². The number of hydrogen-bond acceptors (Lipinski definition) is 9. The van der Waals surface area contributed by atoms with E-state index in [1.807, 2.05) is 37.3 Å². The molecular formula is C21H27N9O2. The summed E-state index contributed by atoms with van der Waals surface area (Å²) in [5.41, 5.74) is 10.2. The van der Waals surface area contributed by atoms with E-state index >= 15 is 0 Å². The molecule has 1 aliphatic heterocycles. The van der Waals surface area contributed by atoms with Crippen molar-refractivity contribution in [3.8, 4) is 5.82 Å². The van der Waals surface area contributed by atoms with Crippen LogP contribution in [0, 0.1) is 5.92 Å². The summed E-state index contributed by atoms with van der Waals surface area (Å²) in [6.07, 6.45) is 3.87. The standard InChI is InChI=1S/C21H27N9O2/c1-14-8-10-29(11-9-14)13-17-18(24-28-30(17)20-19(22)26-32-27-20)21(31)25-23-12-15(2)16-6-4-3-5-7-16/h3-7,12,14-15H,8-11,13H2,1-2H3,(H2,22,26)(H,25,31)/b23-12-/t15-/m0/s1. The van der Waals surface area contributed by atoms with Crippen molar-refractivity contribution < 1.29 is 9.42 Å². The number of benzene rings is 1. The zero-order valence-corrected chi connectivity index (χ0v) is 18.2. The van der Waals surface area contributed by atoms with E-state index in [-0.39, 0.29) is 23.2 Å². The number of amides is 1. The fourth-order valence-electron chi connectivity index (χ4n) is 3.66. The number of nitrogens with zero attached hydrogens (tertiary/aromatic N) is 7. The van der Waals surface area contributed by atoms with Gasteiger partial charge in [0.2, 0.25) is 11.6 Å². The first-order valence-corrected chi connectivity index (χ1v) is 10.7.